The Labute approximate surface area is 205 Å². The molecule has 1 fully saturated rings. The molecule has 0 saturated heterocycles. The van der Waals surface area contributed by atoms with Gasteiger partial charge in [-0.1, -0.05) is 30.3 Å². The first kappa shape index (κ1) is 26.4. The molecule has 4 nitrogen and oxygen atoms in total. The van der Waals surface area contributed by atoms with E-state index in [9.17, 15) is 39.9 Å². The number of carbonyl (C=O) groups excluding carboxylic acids is 1. The number of rotatable bonds is 6. The molecule has 12 heteroatoms. The summed E-state index contributed by atoms with van der Waals surface area (Å²) in [4.78, 5) is 16.9. The van der Waals surface area contributed by atoms with Gasteiger partial charge in [0.1, 0.15) is 22.7 Å². The highest BCUT2D eigenvalue weighted by Gasteiger charge is 2.64. The van der Waals surface area contributed by atoms with Crippen LogP contribution in [-0.4, -0.2) is 22.7 Å². The topological polar surface area (TPSA) is 54.0 Å². The number of nitrogens with zero attached hydrogens (tertiary/aromatic N) is 1. The van der Waals surface area contributed by atoms with E-state index in [0.717, 1.165) is 24.4 Å². The van der Waals surface area contributed by atoms with Gasteiger partial charge >= 0.3 is 18.4 Å². The Bertz CT molecular complexity index is 1270. The van der Waals surface area contributed by atoms with Gasteiger partial charge in [-0.25, -0.2) is 13.6 Å². The minimum atomic E-state index is -4.98. The summed E-state index contributed by atoms with van der Waals surface area (Å²) in [5.41, 5.74) is -6.26. The van der Waals surface area contributed by atoms with Gasteiger partial charge in [0, 0.05) is 6.42 Å². The molecule has 1 aromatic heterocycles. The summed E-state index contributed by atoms with van der Waals surface area (Å²) in [6, 6.07) is 10.1. The summed E-state index contributed by atoms with van der Waals surface area (Å²) in [6.45, 7) is 0. The summed E-state index contributed by atoms with van der Waals surface area (Å²) in [5, 5.41) is 4.20. The summed E-state index contributed by atoms with van der Waals surface area (Å²) in [6.07, 6.45) is -10.1. The van der Waals surface area contributed by atoms with Gasteiger partial charge in [0.15, 0.2) is 0 Å². The van der Waals surface area contributed by atoms with Gasteiger partial charge in [0.2, 0.25) is 0 Å². The molecule has 1 aliphatic carbocycles. The molecule has 0 spiro atoms. The Morgan fingerprint density at radius 1 is 0.865 bits per heavy atom. The maximum atomic E-state index is 14.5. The smallest absolute Gasteiger partial charge is 0.324 e. The van der Waals surface area contributed by atoms with Crippen molar-refractivity contribution in [2.75, 3.05) is 0 Å². The van der Waals surface area contributed by atoms with Crippen LogP contribution in [0.2, 0.25) is 0 Å². The first-order valence-electron chi connectivity index (χ1n) is 11.0. The quantitative estimate of drug-likeness (QED) is 0.371. The summed E-state index contributed by atoms with van der Waals surface area (Å²) in [7, 11) is 0. The van der Waals surface area contributed by atoms with Crippen molar-refractivity contribution in [3.8, 4) is 0 Å². The fraction of sp³-hybridized carbons (Fsp3) is 0.280. The second-order valence-corrected chi connectivity index (χ2v) is 8.81. The predicted molar refractivity (Wildman–Crippen MR) is 116 cm³/mol. The first-order chi connectivity index (χ1) is 17.2. The number of hydrogen-bond donors (Lipinski definition) is 2. The van der Waals surface area contributed by atoms with Crippen molar-refractivity contribution in [2.24, 2.45) is 0 Å². The first-order valence-corrected chi connectivity index (χ1v) is 11.0. The zero-order chi connectivity index (χ0) is 27.1. The van der Waals surface area contributed by atoms with Gasteiger partial charge in [-0.15, -0.1) is 0 Å². The molecule has 0 radical (unpaired) electrons. The number of amides is 2. The van der Waals surface area contributed by atoms with Crippen molar-refractivity contribution in [3.63, 3.8) is 0 Å². The molecule has 4 rings (SSSR count). The maximum Gasteiger partial charge on any atom is 0.416 e. The molecule has 1 heterocycles. The monoisotopic (exact) mass is 529 g/mol. The van der Waals surface area contributed by atoms with Crippen molar-refractivity contribution in [1.82, 2.24) is 15.6 Å². The zero-order valence-electron chi connectivity index (χ0n) is 18.9. The fourth-order valence-electron chi connectivity index (χ4n) is 4.10. The van der Waals surface area contributed by atoms with E-state index in [4.69, 9.17) is 0 Å². The van der Waals surface area contributed by atoms with E-state index in [2.05, 4.69) is 10.3 Å². The van der Waals surface area contributed by atoms with Crippen molar-refractivity contribution in [2.45, 2.75) is 42.7 Å². The van der Waals surface area contributed by atoms with Gasteiger partial charge in [0.05, 0.1) is 17.5 Å². The fourth-order valence-corrected chi connectivity index (χ4v) is 4.10. The van der Waals surface area contributed by atoms with E-state index in [1.807, 2.05) is 5.32 Å². The van der Waals surface area contributed by atoms with Crippen LogP contribution in [0.15, 0.2) is 66.9 Å². The van der Waals surface area contributed by atoms with Crippen LogP contribution in [0.5, 0.6) is 0 Å². The van der Waals surface area contributed by atoms with Crippen molar-refractivity contribution in [1.29, 1.82) is 0 Å². The number of hydrogen-bond acceptors (Lipinski definition) is 2. The molecule has 1 aliphatic rings. The number of aromatic nitrogens is 1. The molecule has 2 aromatic carbocycles. The Kier molecular flexibility index (Phi) is 6.63. The molecule has 1 atom stereocenters. The lowest BCUT2D eigenvalue weighted by atomic mass is 9.79. The average molecular weight is 529 g/mol. The normalized spacial score (nSPS) is 16.5. The lowest BCUT2D eigenvalue weighted by Gasteiger charge is -2.36. The molecule has 1 saturated carbocycles. The lowest BCUT2D eigenvalue weighted by Crippen LogP contribution is -2.57. The van der Waals surface area contributed by atoms with Crippen molar-refractivity contribution in [3.05, 3.63) is 101 Å². The number of carbonyl (C=O) groups is 1. The largest absolute Gasteiger partial charge is 0.416 e. The van der Waals surface area contributed by atoms with Crippen molar-refractivity contribution >= 4 is 6.03 Å². The Balaban J connectivity index is 1.90. The number of pyridine rings is 1. The van der Waals surface area contributed by atoms with Crippen LogP contribution in [-0.2, 0) is 18.1 Å². The predicted octanol–water partition coefficient (Wildman–Crippen LogP) is 6.26. The molecule has 37 heavy (non-hydrogen) atoms. The molecule has 0 unspecified atom stereocenters. The number of benzene rings is 2. The highest BCUT2D eigenvalue weighted by atomic mass is 19.4. The van der Waals surface area contributed by atoms with Crippen LogP contribution in [0.3, 0.4) is 0 Å². The van der Waals surface area contributed by atoms with E-state index < -0.39 is 52.2 Å². The second kappa shape index (κ2) is 9.31. The number of nitrogens with one attached hydrogen (secondary N) is 2. The van der Waals surface area contributed by atoms with Crippen LogP contribution in [0, 0.1) is 11.6 Å². The molecule has 3 aromatic rings. The van der Waals surface area contributed by atoms with Crippen LogP contribution in [0.25, 0.3) is 0 Å². The van der Waals surface area contributed by atoms with Crippen molar-refractivity contribution < 1.29 is 39.9 Å². The summed E-state index contributed by atoms with van der Waals surface area (Å²) < 4.78 is 109. The molecule has 2 amide bonds. The molecular weight excluding hydrogens is 510 g/mol. The third-order valence-electron chi connectivity index (χ3n) is 6.17. The van der Waals surface area contributed by atoms with Gasteiger partial charge in [-0.2, -0.15) is 26.3 Å². The molecule has 0 aliphatic heterocycles. The van der Waals surface area contributed by atoms with E-state index in [-0.39, 0.29) is 31.0 Å². The summed E-state index contributed by atoms with van der Waals surface area (Å²) in [5.74, 6) is -2.12. The Morgan fingerprint density at radius 2 is 1.51 bits per heavy atom. The third kappa shape index (κ3) is 5.52. The van der Waals surface area contributed by atoms with Crippen LogP contribution < -0.4 is 10.6 Å². The number of halogens is 8. The van der Waals surface area contributed by atoms with Crippen LogP contribution in [0.1, 0.15) is 35.2 Å². The standard InChI is InChI=1S/C25H19F8N3O/c26-18-6-7-20(34-14-18)23(13-15-4-2-1-3-5-15,16-10-17(24(28,29)30)12-19(27)11-16)36-21(37)35-22(8-9-22)25(31,32)33/h1-7,10-12,14H,8-9,13H2,(H2,35,36,37)/t23-/m0/s1. The lowest BCUT2D eigenvalue weighted by molar-refractivity contribution is -0.162. The zero-order valence-corrected chi connectivity index (χ0v) is 18.9. The van der Waals surface area contributed by atoms with Gasteiger partial charge in [-0.05, 0) is 54.3 Å². The Hall–Kier alpha value is -3.70. The molecule has 0 bridgehead atoms. The van der Waals surface area contributed by atoms with Crippen LogP contribution in [0.4, 0.5) is 39.9 Å². The van der Waals surface area contributed by atoms with E-state index in [1.54, 1.807) is 30.3 Å². The molecule has 196 valence electrons. The maximum absolute atomic E-state index is 14.5. The highest BCUT2D eigenvalue weighted by molar-refractivity contribution is 5.77. The van der Waals surface area contributed by atoms with E-state index in [1.165, 1.54) is 0 Å². The molecule has 2 N–H and O–H groups in total. The number of alkyl halides is 6. The molecular formula is C25H19F8N3O. The number of urea groups is 1. The van der Waals surface area contributed by atoms with Gasteiger partial charge in [0.25, 0.3) is 0 Å². The third-order valence-corrected chi connectivity index (χ3v) is 6.17. The second-order valence-electron chi connectivity index (χ2n) is 8.81. The highest BCUT2D eigenvalue weighted by Crippen LogP contribution is 2.49. The SMILES string of the molecule is O=C(NC1(C(F)(F)F)CC1)N[C@@](Cc1ccccc1)(c1cc(F)cc(C(F)(F)F)c1)c1ccc(F)cn1. The minimum absolute atomic E-state index is 0.219. The van der Waals surface area contributed by atoms with Crippen LogP contribution >= 0.6 is 0 Å². The Morgan fingerprint density at radius 3 is 2.05 bits per heavy atom. The summed E-state index contributed by atoms with van der Waals surface area (Å²) >= 11 is 0. The van der Waals surface area contributed by atoms with E-state index >= 15 is 0 Å². The minimum Gasteiger partial charge on any atom is -0.324 e. The van der Waals surface area contributed by atoms with Gasteiger partial charge in [-0.3, -0.25) is 4.98 Å². The average Bonchev–Trinajstić information content (AvgIpc) is 3.59. The van der Waals surface area contributed by atoms with E-state index in [0.29, 0.717) is 11.6 Å². The van der Waals surface area contributed by atoms with Gasteiger partial charge < -0.3 is 10.6 Å².